The molecule has 8 heteroatoms. The normalized spacial score (nSPS) is 20.6. The van der Waals surface area contributed by atoms with Crippen LogP contribution in [0, 0.1) is 11.2 Å². The van der Waals surface area contributed by atoms with Crippen molar-refractivity contribution in [3.05, 3.63) is 65.0 Å². The second-order valence-electron chi connectivity index (χ2n) is 10.3. The van der Waals surface area contributed by atoms with Gasteiger partial charge >= 0.3 is 0 Å². The summed E-state index contributed by atoms with van der Waals surface area (Å²) in [4.78, 5) is 31.4. The Hall–Kier alpha value is -3.55. The maximum absolute atomic E-state index is 13.9. The Morgan fingerprint density at radius 2 is 2.00 bits per heavy atom. The van der Waals surface area contributed by atoms with E-state index in [1.54, 1.807) is 30.5 Å². The minimum atomic E-state index is -0.475. The Morgan fingerprint density at radius 1 is 1.25 bits per heavy atom. The monoisotopic (exact) mass is 492 g/mol. The summed E-state index contributed by atoms with van der Waals surface area (Å²) in [6, 6.07) is 11.3. The highest BCUT2D eigenvalue weighted by molar-refractivity contribution is 6.00. The van der Waals surface area contributed by atoms with Crippen molar-refractivity contribution in [3.8, 4) is 5.75 Å². The van der Waals surface area contributed by atoms with Crippen LogP contribution in [0.25, 0.3) is 0 Å². The molecule has 0 bridgehead atoms. The Balaban J connectivity index is 1.49. The van der Waals surface area contributed by atoms with Crippen molar-refractivity contribution in [3.63, 3.8) is 0 Å². The summed E-state index contributed by atoms with van der Waals surface area (Å²) >= 11 is 0. The van der Waals surface area contributed by atoms with Crippen molar-refractivity contribution in [1.82, 2.24) is 10.2 Å². The molecule has 190 valence electrons. The van der Waals surface area contributed by atoms with Gasteiger partial charge in [-0.15, -0.1) is 0 Å². The number of benzene rings is 2. The molecular formula is C28H33FN4O3. The van der Waals surface area contributed by atoms with Crippen molar-refractivity contribution < 1.29 is 18.7 Å². The number of amides is 2. The molecule has 0 saturated carbocycles. The molecule has 2 amide bonds. The number of hydrogen-bond acceptors (Lipinski definition) is 4. The van der Waals surface area contributed by atoms with Gasteiger partial charge in [-0.25, -0.2) is 9.38 Å². The first-order chi connectivity index (χ1) is 17.0. The number of aliphatic imine (C=N–C) groups is 1. The molecule has 4 rings (SSSR count). The van der Waals surface area contributed by atoms with E-state index < -0.39 is 11.5 Å². The van der Waals surface area contributed by atoms with Crippen molar-refractivity contribution in [2.75, 3.05) is 0 Å². The van der Waals surface area contributed by atoms with Crippen LogP contribution in [-0.2, 0) is 11.3 Å². The van der Waals surface area contributed by atoms with Crippen LogP contribution in [0.3, 0.4) is 0 Å². The number of hydrogen-bond donors (Lipinski definition) is 2. The van der Waals surface area contributed by atoms with Gasteiger partial charge < -0.3 is 10.1 Å². The van der Waals surface area contributed by atoms with Gasteiger partial charge in [0.1, 0.15) is 17.2 Å². The Labute approximate surface area is 211 Å². The van der Waals surface area contributed by atoms with Gasteiger partial charge in [0.2, 0.25) is 5.91 Å². The predicted molar refractivity (Wildman–Crippen MR) is 137 cm³/mol. The van der Waals surface area contributed by atoms with Gasteiger partial charge in [0.05, 0.1) is 13.0 Å². The lowest BCUT2D eigenvalue weighted by molar-refractivity contribution is -0.131. The summed E-state index contributed by atoms with van der Waals surface area (Å²) < 4.78 is 19.8. The van der Waals surface area contributed by atoms with Gasteiger partial charge in [0.25, 0.3) is 5.91 Å². The number of carbonyl (C=O) groups is 2. The first-order valence-electron chi connectivity index (χ1n) is 12.4. The molecule has 2 heterocycles. The third kappa shape index (κ3) is 5.32. The highest BCUT2D eigenvalue weighted by Gasteiger charge is 2.39. The third-order valence-corrected chi connectivity index (χ3v) is 7.15. The number of nitrogens with zero attached hydrogens (tertiary/aromatic N) is 2. The number of guanidine groups is 1. The zero-order chi connectivity index (χ0) is 26.1. The van der Waals surface area contributed by atoms with Gasteiger partial charge in [0.15, 0.2) is 5.96 Å². The summed E-state index contributed by atoms with van der Waals surface area (Å²) in [6.45, 7) is 8.12. The van der Waals surface area contributed by atoms with Crippen LogP contribution < -0.4 is 10.1 Å². The SMILES string of the molecule is CCC1(CC)CC(=O)N(Cc2cccc(C(=O)/N=C\C3CC(C)(C)Oc4ccc(F)cc43)c2)C(=N)N1. The lowest BCUT2D eigenvalue weighted by Gasteiger charge is -2.42. The van der Waals surface area contributed by atoms with Crippen LogP contribution in [0.15, 0.2) is 47.5 Å². The Morgan fingerprint density at radius 3 is 2.69 bits per heavy atom. The molecule has 36 heavy (non-hydrogen) atoms. The van der Waals surface area contributed by atoms with E-state index in [2.05, 4.69) is 10.3 Å². The van der Waals surface area contributed by atoms with E-state index >= 15 is 0 Å². The molecule has 7 nitrogen and oxygen atoms in total. The molecule has 0 aromatic heterocycles. The zero-order valence-electron chi connectivity index (χ0n) is 21.2. The topological polar surface area (TPSA) is 94.8 Å². The van der Waals surface area contributed by atoms with Gasteiger partial charge in [-0.2, -0.15) is 0 Å². The fourth-order valence-corrected chi connectivity index (χ4v) is 4.95. The maximum atomic E-state index is 13.9. The predicted octanol–water partition coefficient (Wildman–Crippen LogP) is 5.20. The molecule has 1 unspecified atom stereocenters. The molecule has 0 aliphatic carbocycles. The van der Waals surface area contributed by atoms with Crippen molar-refractivity contribution in [2.45, 2.75) is 77.0 Å². The molecule has 1 saturated heterocycles. The van der Waals surface area contributed by atoms with Gasteiger partial charge in [-0.05, 0) is 69.0 Å². The number of carbonyl (C=O) groups excluding carboxylic acids is 2. The van der Waals surface area contributed by atoms with E-state index in [-0.39, 0.29) is 35.7 Å². The Kier molecular flexibility index (Phi) is 6.98. The number of fused-ring (bicyclic) bond motifs is 1. The van der Waals surface area contributed by atoms with Crippen LogP contribution >= 0.6 is 0 Å². The summed E-state index contributed by atoms with van der Waals surface area (Å²) in [5, 5.41) is 11.6. The number of nitrogens with one attached hydrogen (secondary N) is 2. The summed E-state index contributed by atoms with van der Waals surface area (Å²) in [5.74, 6) is -0.481. The molecular weight excluding hydrogens is 459 g/mol. The number of halogens is 1. The molecule has 2 aliphatic heterocycles. The molecule has 2 aromatic carbocycles. The number of ether oxygens (including phenoxy) is 1. The molecule has 1 fully saturated rings. The van der Waals surface area contributed by atoms with E-state index in [9.17, 15) is 14.0 Å². The van der Waals surface area contributed by atoms with Crippen LogP contribution in [-0.4, -0.2) is 40.0 Å². The second-order valence-corrected chi connectivity index (χ2v) is 10.3. The van der Waals surface area contributed by atoms with E-state index in [0.717, 1.165) is 18.4 Å². The highest BCUT2D eigenvalue weighted by atomic mass is 19.1. The third-order valence-electron chi connectivity index (χ3n) is 7.15. The highest BCUT2D eigenvalue weighted by Crippen LogP contribution is 2.40. The van der Waals surface area contributed by atoms with Crippen molar-refractivity contribution >= 4 is 24.0 Å². The molecule has 1 atom stereocenters. The van der Waals surface area contributed by atoms with E-state index in [1.807, 2.05) is 33.8 Å². The van der Waals surface area contributed by atoms with Crippen LogP contribution in [0.4, 0.5) is 4.39 Å². The zero-order valence-corrected chi connectivity index (χ0v) is 21.2. The largest absolute Gasteiger partial charge is 0.488 e. The van der Waals surface area contributed by atoms with Crippen molar-refractivity contribution in [1.29, 1.82) is 5.41 Å². The number of rotatable bonds is 6. The second kappa shape index (κ2) is 9.84. The average molecular weight is 493 g/mol. The van der Waals surface area contributed by atoms with Crippen LogP contribution in [0.1, 0.15) is 80.8 Å². The van der Waals surface area contributed by atoms with E-state index in [4.69, 9.17) is 10.1 Å². The summed E-state index contributed by atoms with van der Waals surface area (Å²) in [5.41, 5.74) is 0.935. The smallest absolute Gasteiger partial charge is 0.276 e. The van der Waals surface area contributed by atoms with E-state index in [0.29, 0.717) is 29.7 Å². The lowest BCUT2D eigenvalue weighted by atomic mass is 9.85. The van der Waals surface area contributed by atoms with Crippen molar-refractivity contribution in [2.24, 2.45) is 4.99 Å². The minimum Gasteiger partial charge on any atom is -0.488 e. The molecule has 2 N–H and O–H groups in total. The van der Waals surface area contributed by atoms with E-state index in [1.165, 1.54) is 17.0 Å². The van der Waals surface area contributed by atoms with Crippen LogP contribution in [0.5, 0.6) is 5.75 Å². The van der Waals surface area contributed by atoms with Gasteiger partial charge in [-0.3, -0.25) is 19.9 Å². The Bertz CT molecular complexity index is 1200. The fourth-order valence-electron chi connectivity index (χ4n) is 4.95. The maximum Gasteiger partial charge on any atom is 0.276 e. The molecule has 2 aliphatic rings. The molecule has 0 radical (unpaired) electrons. The van der Waals surface area contributed by atoms with Crippen LogP contribution in [0.2, 0.25) is 0 Å². The minimum absolute atomic E-state index is 0.0812. The summed E-state index contributed by atoms with van der Waals surface area (Å²) in [6.07, 6.45) is 3.97. The van der Waals surface area contributed by atoms with Gasteiger partial charge in [-0.1, -0.05) is 26.0 Å². The van der Waals surface area contributed by atoms with Gasteiger partial charge in [0, 0.05) is 28.8 Å². The lowest BCUT2D eigenvalue weighted by Crippen LogP contribution is -2.61. The quantitative estimate of drug-likeness (QED) is 0.542. The fraction of sp³-hybridized carbons (Fsp3) is 0.429. The standard InChI is InChI=1S/C28H33FN4O3/c1-5-28(6-2)15-24(34)33(26(30)32-28)17-18-8-7-9-19(12-18)25(35)31-16-20-14-27(3,4)36-23-11-10-21(29)13-22(20)23/h7-13,16,20H,5-6,14-15,17H2,1-4H3,(H2,30,32)/b31-16-. The first kappa shape index (κ1) is 25.5. The molecule has 0 spiro atoms. The average Bonchev–Trinajstić information content (AvgIpc) is 2.84. The molecule has 2 aromatic rings. The first-order valence-corrected chi connectivity index (χ1v) is 12.4. The summed E-state index contributed by atoms with van der Waals surface area (Å²) in [7, 11) is 0.